The van der Waals surface area contributed by atoms with Gasteiger partial charge in [0.25, 0.3) is 0 Å². The van der Waals surface area contributed by atoms with Gasteiger partial charge in [0.2, 0.25) is 0 Å². The summed E-state index contributed by atoms with van der Waals surface area (Å²) < 4.78 is 17.8. The van der Waals surface area contributed by atoms with Gasteiger partial charge in [-0.1, -0.05) is 27.7 Å². The van der Waals surface area contributed by atoms with E-state index in [2.05, 4.69) is 13.8 Å². The van der Waals surface area contributed by atoms with E-state index >= 15 is 0 Å². The maximum atomic E-state index is 13.8. The summed E-state index contributed by atoms with van der Waals surface area (Å²) in [5.41, 5.74) is -4.02. The topological polar surface area (TPSA) is 183 Å². The van der Waals surface area contributed by atoms with Gasteiger partial charge in [-0.15, -0.1) is 0 Å². The van der Waals surface area contributed by atoms with Crippen LogP contribution in [0.1, 0.15) is 99.8 Å². The van der Waals surface area contributed by atoms with Gasteiger partial charge in [0.05, 0.1) is 29.6 Å². The van der Waals surface area contributed by atoms with Gasteiger partial charge < -0.3 is 44.8 Å². The quantitative estimate of drug-likeness (QED) is 0.183. The van der Waals surface area contributed by atoms with E-state index in [1.165, 1.54) is 13.8 Å². The number of cyclic esters (lactones) is 1. The molecule has 11 nitrogen and oxygen atoms in total. The third-order valence-corrected chi connectivity index (χ3v) is 14.8. The van der Waals surface area contributed by atoms with E-state index in [0.717, 1.165) is 25.7 Å². The molecule has 6 rings (SSSR count). The van der Waals surface area contributed by atoms with Crippen molar-refractivity contribution in [3.63, 3.8) is 0 Å². The number of rotatable bonds is 6. The normalized spacial score (nSPS) is 52.4. The summed E-state index contributed by atoms with van der Waals surface area (Å²) in [4.78, 5) is 27.4. The first kappa shape index (κ1) is 34.5. The lowest BCUT2D eigenvalue weighted by Gasteiger charge is -2.64. The SMILES string of the molecule is C[C@@H]1C[C@H]([C@@H](O)C(C)(C)O)OC(=O)[C@H]1[C@@]1(C)CC[C@@]23C[C@@]24CC[C@H](O[C@@H]2OC[C@@H](O)[C@H](O)[C@H]2O)C(C)(C)[C@@H]4CC[C@H]3[C@]1(C)C(=O)O. The van der Waals surface area contributed by atoms with Crippen molar-refractivity contribution in [1.82, 2.24) is 0 Å². The summed E-state index contributed by atoms with van der Waals surface area (Å²) in [7, 11) is 0. The van der Waals surface area contributed by atoms with E-state index in [1.54, 1.807) is 0 Å². The van der Waals surface area contributed by atoms with Crippen molar-refractivity contribution in [2.24, 2.45) is 50.7 Å². The Kier molecular flexibility index (Phi) is 8.13. The van der Waals surface area contributed by atoms with Crippen molar-refractivity contribution in [3.05, 3.63) is 0 Å². The summed E-state index contributed by atoms with van der Waals surface area (Å²) >= 11 is 0. The Hall–Kier alpha value is -1.34. The minimum atomic E-state index is -1.45. The Balaban J connectivity index is 1.25. The van der Waals surface area contributed by atoms with Crippen LogP contribution in [0, 0.1) is 50.7 Å². The minimum absolute atomic E-state index is 0.0420. The van der Waals surface area contributed by atoms with Crippen molar-refractivity contribution >= 4 is 11.9 Å². The van der Waals surface area contributed by atoms with Crippen molar-refractivity contribution in [3.8, 4) is 0 Å². The van der Waals surface area contributed by atoms with Crippen LogP contribution in [0.2, 0.25) is 0 Å². The second-order valence-electron chi connectivity index (χ2n) is 17.6. The monoisotopic (exact) mass is 652 g/mol. The van der Waals surface area contributed by atoms with Crippen LogP contribution in [0.3, 0.4) is 0 Å². The van der Waals surface area contributed by atoms with E-state index in [1.807, 2.05) is 20.8 Å². The molecule has 6 N–H and O–H groups in total. The number of carboxylic acid groups (broad SMARTS) is 1. The highest BCUT2D eigenvalue weighted by Gasteiger charge is 2.83. The van der Waals surface area contributed by atoms with Gasteiger partial charge in [0.1, 0.15) is 30.5 Å². The highest BCUT2D eigenvalue weighted by atomic mass is 16.7. The van der Waals surface area contributed by atoms with Crippen LogP contribution in [-0.4, -0.2) is 97.7 Å². The van der Waals surface area contributed by atoms with E-state index < -0.39 is 71.1 Å². The molecule has 4 aliphatic carbocycles. The van der Waals surface area contributed by atoms with Crippen LogP contribution in [0.25, 0.3) is 0 Å². The van der Waals surface area contributed by atoms with Gasteiger partial charge >= 0.3 is 11.9 Å². The molecule has 4 saturated carbocycles. The van der Waals surface area contributed by atoms with Crippen LogP contribution in [0.4, 0.5) is 0 Å². The molecule has 0 unspecified atom stereocenters. The number of carbonyl (C=O) groups excluding carboxylic acids is 1. The zero-order valence-corrected chi connectivity index (χ0v) is 28.4. The van der Waals surface area contributed by atoms with Gasteiger partial charge in [-0.3, -0.25) is 9.59 Å². The Morgan fingerprint density at radius 3 is 2.22 bits per heavy atom. The van der Waals surface area contributed by atoms with E-state index in [0.29, 0.717) is 25.7 Å². The van der Waals surface area contributed by atoms with E-state index in [4.69, 9.17) is 14.2 Å². The largest absolute Gasteiger partial charge is 0.481 e. The Morgan fingerprint density at radius 1 is 0.978 bits per heavy atom. The van der Waals surface area contributed by atoms with Crippen molar-refractivity contribution < 1.29 is 54.4 Å². The molecule has 262 valence electrons. The maximum absolute atomic E-state index is 13.8. The fourth-order valence-corrected chi connectivity index (χ4v) is 12.1. The number of esters is 1. The van der Waals surface area contributed by atoms with Gasteiger partial charge in [-0.25, -0.2) is 0 Å². The van der Waals surface area contributed by atoms with Crippen molar-refractivity contribution in [2.75, 3.05) is 6.61 Å². The lowest BCUT2D eigenvalue weighted by molar-refractivity contribution is -0.303. The van der Waals surface area contributed by atoms with Gasteiger partial charge in [-0.05, 0) is 112 Å². The molecule has 0 aromatic rings. The van der Waals surface area contributed by atoms with Crippen LogP contribution in [0.5, 0.6) is 0 Å². The zero-order valence-electron chi connectivity index (χ0n) is 28.4. The predicted octanol–water partition coefficient (Wildman–Crippen LogP) is 2.62. The highest BCUT2D eigenvalue weighted by Crippen LogP contribution is 2.88. The molecule has 0 aromatic heterocycles. The average molecular weight is 653 g/mol. The molecule has 15 atom stereocenters. The molecule has 11 heteroatoms. The number of hydrogen-bond donors (Lipinski definition) is 6. The van der Waals surface area contributed by atoms with E-state index in [9.17, 15) is 40.2 Å². The zero-order chi connectivity index (χ0) is 34.0. The number of aliphatic hydroxyl groups is 5. The van der Waals surface area contributed by atoms with Crippen LogP contribution in [0.15, 0.2) is 0 Å². The smallest absolute Gasteiger partial charge is 0.310 e. The molecule has 2 heterocycles. The Morgan fingerprint density at radius 2 is 1.61 bits per heavy atom. The van der Waals surface area contributed by atoms with Gasteiger partial charge in [-0.2, -0.15) is 0 Å². The fourth-order valence-electron chi connectivity index (χ4n) is 12.1. The number of aliphatic carboxylic acids is 1. The molecule has 46 heavy (non-hydrogen) atoms. The summed E-state index contributed by atoms with van der Waals surface area (Å²) in [6.45, 7) is 13.0. The molecule has 2 aliphatic heterocycles. The van der Waals surface area contributed by atoms with Crippen molar-refractivity contribution in [2.45, 2.75) is 148 Å². The number of ether oxygens (including phenoxy) is 3. The number of hydrogen-bond acceptors (Lipinski definition) is 10. The summed E-state index contributed by atoms with van der Waals surface area (Å²) in [6.07, 6.45) is -1.45. The van der Waals surface area contributed by atoms with Crippen LogP contribution < -0.4 is 0 Å². The average Bonchev–Trinajstić information content (AvgIpc) is 3.63. The van der Waals surface area contributed by atoms with Crippen LogP contribution >= 0.6 is 0 Å². The predicted molar refractivity (Wildman–Crippen MR) is 164 cm³/mol. The standard InChI is InChI=1S/C35H56O11/c1-17-14-19(26(39)31(4,5)43)45-27(40)23(17)32(6)12-13-35-16-34(35)11-10-22(46-28-25(38)24(37)18(36)15-44-28)30(2,3)20(34)8-9-21(35)33(32,7)29(41)42/h17-26,28,36-39,43H,8-16H2,1-7H3,(H,41,42)/t17-,18-,19-,20+,21+,22+,23+,24+,25-,26-,28+,32-,33-,34-,35+/m1/s1. The molecule has 0 bridgehead atoms. The van der Waals surface area contributed by atoms with Gasteiger partial charge in [0, 0.05) is 0 Å². The molecule has 2 spiro atoms. The molecule has 6 fully saturated rings. The summed E-state index contributed by atoms with van der Waals surface area (Å²) in [5.74, 6) is -2.12. The minimum Gasteiger partial charge on any atom is -0.481 e. The van der Waals surface area contributed by atoms with Crippen molar-refractivity contribution in [1.29, 1.82) is 0 Å². The first-order valence-electron chi connectivity index (χ1n) is 17.3. The highest BCUT2D eigenvalue weighted by molar-refractivity contribution is 5.81. The van der Waals surface area contributed by atoms with Crippen LogP contribution in [-0.2, 0) is 23.8 Å². The molecule has 0 radical (unpaired) electrons. The van der Waals surface area contributed by atoms with Gasteiger partial charge in [0.15, 0.2) is 6.29 Å². The lowest BCUT2D eigenvalue weighted by Crippen LogP contribution is -2.65. The first-order chi connectivity index (χ1) is 21.2. The summed E-state index contributed by atoms with van der Waals surface area (Å²) in [5, 5.41) is 62.9. The van der Waals surface area contributed by atoms with E-state index in [-0.39, 0.29) is 46.7 Å². The Bertz CT molecular complexity index is 1230. The number of carbonyl (C=O) groups is 2. The molecule has 6 aliphatic rings. The second kappa shape index (κ2) is 10.8. The third kappa shape index (κ3) is 4.54. The summed E-state index contributed by atoms with van der Waals surface area (Å²) in [6, 6.07) is 0. The number of aliphatic hydroxyl groups excluding tert-OH is 4. The molecular weight excluding hydrogens is 596 g/mol. The number of carboxylic acids is 1. The first-order valence-corrected chi connectivity index (χ1v) is 17.3. The Labute approximate surface area is 272 Å². The lowest BCUT2D eigenvalue weighted by atomic mass is 9.39. The molecular formula is C35H56O11. The fraction of sp³-hybridized carbons (Fsp3) is 0.943. The third-order valence-electron chi connectivity index (χ3n) is 14.8. The molecule has 0 amide bonds. The second-order valence-corrected chi connectivity index (χ2v) is 17.6. The molecule has 0 aromatic carbocycles. The molecule has 2 saturated heterocycles. The maximum Gasteiger partial charge on any atom is 0.310 e.